The summed E-state index contributed by atoms with van der Waals surface area (Å²) in [6, 6.07) is 10.1. The molecule has 0 N–H and O–H groups in total. The molecule has 1 spiro atoms. The highest BCUT2D eigenvalue weighted by atomic mass is 16.6. The number of ether oxygens (including phenoxy) is 2. The number of hydrogen-bond donors (Lipinski definition) is 0. The average molecular weight is 381 g/mol. The standard InChI is InChI=1S/C22H27N3O3/c1-21(2)13-24(14-22(28-21)10-11-27-15-22)20(26)18-12-23-25(19(18)16-8-9-16)17-6-4-3-5-7-17/h3-7,12,16H,8-11,13-15H2,1-2H3. The van der Waals surface area contributed by atoms with Gasteiger partial charge in [0, 0.05) is 25.5 Å². The van der Waals surface area contributed by atoms with Crippen LogP contribution in [0.2, 0.25) is 0 Å². The summed E-state index contributed by atoms with van der Waals surface area (Å²) in [6.07, 6.45) is 4.82. The number of nitrogens with zero attached hydrogens (tertiary/aromatic N) is 3. The predicted octanol–water partition coefficient (Wildman–Crippen LogP) is 3.16. The Kier molecular flexibility index (Phi) is 4.10. The van der Waals surface area contributed by atoms with E-state index in [1.807, 2.05) is 39.9 Å². The van der Waals surface area contributed by atoms with Crippen LogP contribution in [0.3, 0.4) is 0 Å². The van der Waals surface area contributed by atoms with E-state index >= 15 is 0 Å². The molecule has 1 saturated carbocycles. The minimum absolute atomic E-state index is 0.0618. The molecule has 6 heteroatoms. The van der Waals surface area contributed by atoms with Gasteiger partial charge in [-0.25, -0.2) is 4.68 Å². The fraction of sp³-hybridized carbons (Fsp3) is 0.545. The van der Waals surface area contributed by atoms with Crippen molar-refractivity contribution in [3.05, 3.63) is 47.8 Å². The second-order valence-electron chi connectivity index (χ2n) is 8.97. The quantitative estimate of drug-likeness (QED) is 0.820. The maximum absolute atomic E-state index is 13.6. The van der Waals surface area contributed by atoms with E-state index in [1.54, 1.807) is 6.20 Å². The van der Waals surface area contributed by atoms with Gasteiger partial charge in [0.15, 0.2) is 0 Å². The Morgan fingerprint density at radius 3 is 2.64 bits per heavy atom. The molecular formula is C22H27N3O3. The van der Waals surface area contributed by atoms with Crippen molar-refractivity contribution in [3.8, 4) is 5.69 Å². The van der Waals surface area contributed by atoms with Crippen LogP contribution in [-0.4, -0.2) is 58.1 Å². The second-order valence-corrected chi connectivity index (χ2v) is 8.97. The van der Waals surface area contributed by atoms with Crippen LogP contribution in [-0.2, 0) is 9.47 Å². The number of amides is 1. The molecule has 1 aliphatic carbocycles. The summed E-state index contributed by atoms with van der Waals surface area (Å²) in [5, 5.41) is 4.60. The summed E-state index contributed by atoms with van der Waals surface area (Å²) in [7, 11) is 0. The molecule has 3 heterocycles. The van der Waals surface area contributed by atoms with Gasteiger partial charge in [-0.15, -0.1) is 0 Å². The summed E-state index contributed by atoms with van der Waals surface area (Å²) in [5.41, 5.74) is 2.02. The van der Waals surface area contributed by atoms with Crippen molar-refractivity contribution in [1.29, 1.82) is 0 Å². The molecular weight excluding hydrogens is 354 g/mol. The van der Waals surface area contributed by atoms with Crippen LogP contribution in [0.4, 0.5) is 0 Å². The molecule has 148 valence electrons. The maximum Gasteiger partial charge on any atom is 0.257 e. The number of carbonyl (C=O) groups excluding carboxylic acids is 1. The number of hydrogen-bond acceptors (Lipinski definition) is 4. The van der Waals surface area contributed by atoms with Crippen molar-refractivity contribution in [1.82, 2.24) is 14.7 Å². The van der Waals surface area contributed by atoms with Gasteiger partial charge in [-0.1, -0.05) is 18.2 Å². The van der Waals surface area contributed by atoms with Crippen molar-refractivity contribution in [2.75, 3.05) is 26.3 Å². The second kappa shape index (κ2) is 6.42. The number of aromatic nitrogens is 2. The molecule has 0 bridgehead atoms. The van der Waals surface area contributed by atoms with Crippen molar-refractivity contribution >= 4 is 5.91 Å². The molecule has 1 unspecified atom stereocenters. The van der Waals surface area contributed by atoms with Crippen LogP contribution >= 0.6 is 0 Å². The Labute approximate surface area is 165 Å². The maximum atomic E-state index is 13.6. The summed E-state index contributed by atoms with van der Waals surface area (Å²) in [5.74, 6) is 0.478. The van der Waals surface area contributed by atoms with Gasteiger partial charge in [0.2, 0.25) is 0 Å². The molecule has 28 heavy (non-hydrogen) atoms. The van der Waals surface area contributed by atoms with Gasteiger partial charge < -0.3 is 14.4 Å². The first kappa shape index (κ1) is 17.9. The molecule has 3 fully saturated rings. The summed E-state index contributed by atoms with van der Waals surface area (Å²) >= 11 is 0. The lowest BCUT2D eigenvalue weighted by Crippen LogP contribution is -2.61. The molecule has 5 rings (SSSR count). The number of para-hydroxylation sites is 1. The number of carbonyl (C=O) groups is 1. The fourth-order valence-electron chi connectivity index (χ4n) is 4.67. The molecule has 1 atom stereocenters. The molecule has 3 aliphatic rings. The Morgan fingerprint density at radius 1 is 1.18 bits per heavy atom. The highest BCUT2D eigenvalue weighted by molar-refractivity contribution is 5.95. The largest absolute Gasteiger partial charge is 0.378 e. The van der Waals surface area contributed by atoms with Crippen molar-refractivity contribution in [2.24, 2.45) is 0 Å². The van der Waals surface area contributed by atoms with Gasteiger partial charge in [-0.05, 0) is 38.8 Å². The lowest BCUT2D eigenvalue weighted by atomic mass is 9.94. The Balaban J connectivity index is 1.49. The van der Waals surface area contributed by atoms with Gasteiger partial charge in [0.05, 0.1) is 41.9 Å². The van der Waals surface area contributed by atoms with Crippen LogP contribution in [0.5, 0.6) is 0 Å². The monoisotopic (exact) mass is 381 g/mol. The Hall–Kier alpha value is -2.18. The van der Waals surface area contributed by atoms with E-state index in [0.29, 0.717) is 32.2 Å². The Bertz CT molecular complexity index is 880. The third-order valence-electron chi connectivity index (χ3n) is 5.90. The van der Waals surface area contributed by atoms with E-state index in [4.69, 9.17) is 9.47 Å². The van der Waals surface area contributed by atoms with E-state index in [-0.39, 0.29) is 11.5 Å². The third kappa shape index (κ3) is 3.14. The molecule has 2 aliphatic heterocycles. The Morgan fingerprint density at radius 2 is 1.96 bits per heavy atom. The number of benzene rings is 1. The first-order chi connectivity index (χ1) is 13.5. The van der Waals surface area contributed by atoms with Gasteiger partial charge in [-0.3, -0.25) is 4.79 Å². The summed E-state index contributed by atoms with van der Waals surface area (Å²) in [6.45, 7) is 6.52. The first-order valence-corrected chi connectivity index (χ1v) is 10.2. The van der Waals surface area contributed by atoms with E-state index in [0.717, 1.165) is 36.2 Å². The SMILES string of the molecule is CC1(C)CN(C(=O)c2cnn(-c3ccccc3)c2C2CC2)CC2(CCOC2)O1. The van der Waals surface area contributed by atoms with Crippen molar-refractivity contribution in [2.45, 2.75) is 50.2 Å². The molecule has 2 saturated heterocycles. The molecule has 2 aromatic rings. The first-order valence-electron chi connectivity index (χ1n) is 10.2. The lowest BCUT2D eigenvalue weighted by Gasteiger charge is -2.48. The fourth-order valence-corrected chi connectivity index (χ4v) is 4.67. The van der Waals surface area contributed by atoms with E-state index in [1.165, 1.54) is 0 Å². The molecule has 1 amide bonds. The highest BCUT2D eigenvalue weighted by Gasteiger charge is 2.48. The van der Waals surface area contributed by atoms with E-state index in [2.05, 4.69) is 18.9 Å². The van der Waals surface area contributed by atoms with Crippen molar-refractivity contribution in [3.63, 3.8) is 0 Å². The highest BCUT2D eigenvalue weighted by Crippen LogP contribution is 2.43. The van der Waals surface area contributed by atoms with Crippen LogP contribution in [0.15, 0.2) is 36.5 Å². The lowest BCUT2D eigenvalue weighted by molar-refractivity contribution is -0.186. The molecule has 1 aromatic heterocycles. The minimum atomic E-state index is -0.392. The van der Waals surface area contributed by atoms with E-state index in [9.17, 15) is 4.79 Å². The summed E-state index contributed by atoms with van der Waals surface area (Å²) < 4.78 is 13.9. The molecule has 1 aromatic carbocycles. The molecule has 0 radical (unpaired) electrons. The zero-order valence-electron chi connectivity index (χ0n) is 16.6. The van der Waals surface area contributed by atoms with Crippen LogP contribution in [0, 0.1) is 0 Å². The van der Waals surface area contributed by atoms with Gasteiger partial charge in [0.25, 0.3) is 5.91 Å². The van der Waals surface area contributed by atoms with Gasteiger partial charge >= 0.3 is 0 Å². The number of rotatable bonds is 3. The van der Waals surface area contributed by atoms with Gasteiger partial charge in [-0.2, -0.15) is 5.10 Å². The third-order valence-corrected chi connectivity index (χ3v) is 5.90. The van der Waals surface area contributed by atoms with Gasteiger partial charge in [0.1, 0.15) is 5.60 Å². The number of morpholine rings is 1. The predicted molar refractivity (Wildman–Crippen MR) is 105 cm³/mol. The minimum Gasteiger partial charge on any atom is -0.378 e. The topological polar surface area (TPSA) is 56.6 Å². The smallest absolute Gasteiger partial charge is 0.257 e. The van der Waals surface area contributed by atoms with Crippen LogP contribution in [0.25, 0.3) is 5.69 Å². The van der Waals surface area contributed by atoms with E-state index < -0.39 is 5.60 Å². The zero-order valence-corrected chi connectivity index (χ0v) is 16.6. The summed E-state index contributed by atoms with van der Waals surface area (Å²) in [4.78, 5) is 15.6. The average Bonchev–Trinajstić information content (AvgIpc) is 3.26. The zero-order chi connectivity index (χ0) is 19.4. The van der Waals surface area contributed by atoms with Crippen molar-refractivity contribution < 1.29 is 14.3 Å². The normalized spacial score (nSPS) is 26.7. The van der Waals surface area contributed by atoms with Crippen LogP contribution in [0.1, 0.15) is 55.1 Å². The van der Waals surface area contributed by atoms with Crippen LogP contribution < -0.4 is 0 Å². The molecule has 6 nitrogen and oxygen atoms in total.